The molecule has 0 atom stereocenters. The van der Waals surface area contributed by atoms with E-state index >= 15 is 0 Å². The van der Waals surface area contributed by atoms with Crippen molar-refractivity contribution in [2.45, 2.75) is 6.61 Å². The minimum Gasteiger partial charge on any atom is -0.487 e. The standard InChI is InChI=1S/C23H14Br2FN3O4/c24-20-9-15(10-21(25)22(20)33-13-14-4-6-17(26)7-5-14)8-16(12-27)23(30)28-18-2-1-3-19(11-18)29(31)32/h1-11H,13H2,(H,28,30)/b16-8+. The summed E-state index contributed by atoms with van der Waals surface area (Å²) in [4.78, 5) is 22.8. The minimum atomic E-state index is -0.707. The Kier molecular flexibility index (Phi) is 7.92. The number of benzene rings is 3. The van der Waals surface area contributed by atoms with Crippen molar-refractivity contribution in [3.63, 3.8) is 0 Å². The molecule has 7 nitrogen and oxygen atoms in total. The second-order valence-electron chi connectivity index (χ2n) is 6.66. The number of rotatable bonds is 7. The van der Waals surface area contributed by atoms with E-state index in [1.165, 1.54) is 42.5 Å². The van der Waals surface area contributed by atoms with Gasteiger partial charge in [0.2, 0.25) is 0 Å². The van der Waals surface area contributed by atoms with Crippen LogP contribution in [0.15, 0.2) is 75.2 Å². The number of hydrogen-bond acceptors (Lipinski definition) is 5. The topological polar surface area (TPSA) is 105 Å². The number of nitrogens with one attached hydrogen (secondary N) is 1. The van der Waals surface area contributed by atoms with Gasteiger partial charge in [0.05, 0.1) is 13.9 Å². The van der Waals surface area contributed by atoms with Crippen LogP contribution in [0.25, 0.3) is 6.08 Å². The minimum absolute atomic E-state index is 0.181. The van der Waals surface area contributed by atoms with Crippen LogP contribution in [0.4, 0.5) is 15.8 Å². The number of hydrogen-bond donors (Lipinski definition) is 1. The van der Waals surface area contributed by atoms with E-state index in [0.717, 1.165) is 5.56 Å². The molecule has 0 aliphatic carbocycles. The van der Waals surface area contributed by atoms with Gasteiger partial charge in [0, 0.05) is 17.8 Å². The molecule has 3 rings (SSSR count). The molecule has 1 amide bonds. The molecule has 33 heavy (non-hydrogen) atoms. The Bertz CT molecular complexity index is 1260. The highest BCUT2D eigenvalue weighted by Crippen LogP contribution is 2.36. The van der Waals surface area contributed by atoms with Crippen LogP contribution in [0.5, 0.6) is 5.75 Å². The molecule has 0 aliphatic rings. The van der Waals surface area contributed by atoms with Crippen molar-refractivity contribution in [2.24, 2.45) is 0 Å². The van der Waals surface area contributed by atoms with Crippen molar-refractivity contribution in [1.29, 1.82) is 5.26 Å². The molecule has 0 radical (unpaired) electrons. The van der Waals surface area contributed by atoms with Crippen LogP contribution in [-0.2, 0) is 11.4 Å². The number of nitrogens with zero attached hydrogens (tertiary/aromatic N) is 2. The van der Waals surface area contributed by atoms with E-state index in [1.54, 1.807) is 24.3 Å². The molecule has 1 N–H and O–H groups in total. The number of carbonyl (C=O) groups excluding carboxylic acids is 1. The van der Waals surface area contributed by atoms with Gasteiger partial charge in [0.15, 0.2) is 0 Å². The highest BCUT2D eigenvalue weighted by atomic mass is 79.9. The van der Waals surface area contributed by atoms with Crippen LogP contribution in [0.1, 0.15) is 11.1 Å². The first-order chi connectivity index (χ1) is 15.8. The first-order valence-corrected chi connectivity index (χ1v) is 10.9. The number of nitro groups is 1. The Morgan fingerprint density at radius 2 is 1.82 bits per heavy atom. The summed E-state index contributed by atoms with van der Waals surface area (Å²) in [5, 5.41) is 22.8. The number of amides is 1. The monoisotopic (exact) mass is 573 g/mol. The van der Waals surface area contributed by atoms with E-state index in [2.05, 4.69) is 37.2 Å². The van der Waals surface area contributed by atoms with Gasteiger partial charge in [-0.25, -0.2) is 4.39 Å². The molecule has 0 unspecified atom stereocenters. The Hall–Kier alpha value is -3.55. The highest BCUT2D eigenvalue weighted by molar-refractivity contribution is 9.11. The fourth-order valence-electron chi connectivity index (χ4n) is 2.75. The molecule has 0 bridgehead atoms. The van der Waals surface area contributed by atoms with E-state index in [9.17, 15) is 24.6 Å². The van der Waals surface area contributed by atoms with Crippen molar-refractivity contribution in [2.75, 3.05) is 5.32 Å². The molecule has 0 aromatic heterocycles. The Balaban J connectivity index is 1.77. The summed E-state index contributed by atoms with van der Waals surface area (Å²) in [6.45, 7) is 0.210. The number of nitriles is 1. The van der Waals surface area contributed by atoms with Gasteiger partial charge in [-0.1, -0.05) is 18.2 Å². The fourth-order valence-corrected chi connectivity index (χ4v) is 4.20. The molecule has 3 aromatic carbocycles. The molecule has 0 aliphatic heterocycles. The van der Waals surface area contributed by atoms with Gasteiger partial charge >= 0.3 is 0 Å². The van der Waals surface area contributed by atoms with Crippen molar-refractivity contribution in [3.8, 4) is 11.8 Å². The lowest BCUT2D eigenvalue weighted by Crippen LogP contribution is -2.13. The maximum Gasteiger partial charge on any atom is 0.271 e. The molecule has 0 heterocycles. The Labute approximate surface area is 204 Å². The van der Waals surface area contributed by atoms with Gasteiger partial charge in [-0.3, -0.25) is 14.9 Å². The smallest absolute Gasteiger partial charge is 0.271 e. The Morgan fingerprint density at radius 1 is 1.15 bits per heavy atom. The zero-order chi connectivity index (χ0) is 24.0. The van der Waals surface area contributed by atoms with Crippen LogP contribution in [0.3, 0.4) is 0 Å². The predicted octanol–water partition coefficient (Wildman–Crippen LogP) is 6.38. The quantitative estimate of drug-likeness (QED) is 0.152. The molecule has 0 fully saturated rings. The van der Waals surface area contributed by atoms with Gasteiger partial charge < -0.3 is 10.1 Å². The summed E-state index contributed by atoms with van der Waals surface area (Å²) in [5.74, 6) is -0.544. The average molecular weight is 575 g/mol. The summed E-state index contributed by atoms with van der Waals surface area (Å²) in [6, 6.07) is 16.5. The van der Waals surface area contributed by atoms with Gasteiger partial charge in [-0.15, -0.1) is 0 Å². The first-order valence-electron chi connectivity index (χ1n) is 9.30. The average Bonchev–Trinajstić information content (AvgIpc) is 2.78. The Morgan fingerprint density at radius 3 is 2.42 bits per heavy atom. The summed E-state index contributed by atoms with van der Waals surface area (Å²) in [7, 11) is 0. The first kappa shape index (κ1) is 24.1. The van der Waals surface area contributed by atoms with Crippen LogP contribution in [0.2, 0.25) is 0 Å². The predicted molar refractivity (Wildman–Crippen MR) is 128 cm³/mol. The molecular formula is C23H14Br2FN3O4. The van der Waals surface area contributed by atoms with Gasteiger partial charge in [0.1, 0.15) is 29.8 Å². The third-order valence-electron chi connectivity index (χ3n) is 4.31. The van der Waals surface area contributed by atoms with E-state index < -0.39 is 10.8 Å². The number of ether oxygens (including phenoxy) is 1. The third-order valence-corrected chi connectivity index (χ3v) is 5.49. The second-order valence-corrected chi connectivity index (χ2v) is 8.37. The molecule has 0 saturated carbocycles. The summed E-state index contributed by atoms with van der Waals surface area (Å²) in [5.41, 5.74) is 1.14. The lowest BCUT2D eigenvalue weighted by Gasteiger charge is -2.12. The SMILES string of the molecule is N#C/C(=C\c1cc(Br)c(OCc2ccc(F)cc2)c(Br)c1)C(=O)Nc1cccc([N+](=O)[O-])c1. The normalized spacial score (nSPS) is 10.9. The number of non-ortho nitro benzene ring substituents is 1. The highest BCUT2D eigenvalue weighted by Gasteiger charge is 2.14. The van der Waals surface area contributed by atoms with Gasteiger partial charge in [-0.05, 0) is 79.4 Å². The molecule has 3 aromatic rings. The zero-order valence-corrected chi connectivity index (χ0v) is 19.9. The van der Waals surface area contributed by atoms with E-state index in [-0.39, 0.29) is 29.4 Å². The second kappa shape index (κ2) is 10.8. The van der Waals surface area contributed by atoms with Gasteiger partial charge in [-0.2, -0.15) is 5.26 Å². The van der Waals surface area contributed by atoms with Crippen LogP contribution in [-0.4, -0.2) is 10.8 Å². The molecule has 0 saturated heterocycles. The largest absolute Gasteiger partial charge is 0.487 e. The number of carbonyl (C=O) groups is 1. The van der Waals surface area contributed by atoms with Crippen molar-refractivity contribution in [3.05, 3.63) is 102 Å². The van der Waals surface area contributed by atoms with Crippen LogP contribution < -0.4 is 10.1 Å². The van der Waals surface area contributed by atoms with Crippen molar-refractivity contribution < 1.29 is 18.8 Å². The molecule has 0 spiro atoms. The van der Waals surface area contributed by atoms with E-state index in [4.69, 9.17) is 4.74 Å². The fraction of sp³-hybridized carbons (Fsp3) is 0.0435. The van der Waals surface area contributed by atoms with E-state index in [1.807, 2.05) is 6.07 Å². The molecule has 166 valence electrons. The van der Waals surface area contributed by atoms with Gasteiger partial charge in [0.25, 0.3) is 11.6 Å². The molecular weight excluding hydrogens is 561 g/mol. The van der Waals surface area contributed by atoms with Crippen LogP contribution >= 0.6 is 31.9 Å². The maximum atomic E-state index is 13.0. The van der Waals surface area contributed by atoms with E-state index in [0.29, 0.717) is 20.3 Å². The molecule has 10 heteroatoms. The number of halogens is 3. The van der Waals surface area contributed by atoms with Crippen molar-refractivity contribution >= 4 is 55.2 Å². The number of anilines is 1. The van der Waals surface area contributed by atoms with Crippen molar-refractivity contribution in [1.82, 2.24) is 0 Å². The maximum absolute atomic E-state index is 13.0. The third kappa shape index (κ3) is 6.47. The summed E-state index contributed by atoms with van der Waals surface area (Å²) < 4.78 is 20.0. The lowest BCUT2D eigenvalue weighted by molar-refractivity contribution is -0.384. The summed E-state index contributed by atoms with van der Waals surface area (Å²) >= 11 is 6.83. The van der Waals surface area contributed by atoms with Crippen LogP contribution in [0, 0.1) is 27.3 Å². The summed E-state index contributed by atoms with van der Waals surface area (Å²) in [6.07, 6.45) is 1.38. The zero-order valence-electron chi connectivity index (χ0n) is 16.7. The number of nitro benzene ring substituents is 1. The lowest BCUT2D eigenvalue weighted by atomic mass is 10.1.